The summed E-state index contributed by atoms with van der Waals surface area (Å²) >= 11 is 0. The first-order valence-electron chi connectivity index (χ1n) is 23.4. The van der Waals surface area contributed by atoms with E-state index in [2.05, 4.69) is 271 Å². The molecule has 0 spiro atoms. The molecule has 0 fully saturated rings. The molecule has 12 aromatic rings. The minimum Gasteiger partial charge on any atom is -0.367 e. The Kier molecular flexibility index (Phi) is 8.68. The molecule has 10 aromatic carbocycles. The number of benzene rings is 10. The fourth-order valence-electron chi connectivity index (χ4n) is 11.1. The highest BCUT2D eigenvalue weighted by Crippen LogP contribution is 2.50. The average Bonchev–Trinajstić information content (AvgIpc) is 4.16. The molecule has 318 valence electrons. The molecule has 14 rings (SSSR count). The zero-order valence-electron chi connectivity index (χ0n) is 37.2. The van der Waals surface area contributed by atoms with Crippen LogP contribution in [0.5, 0.6) is 0 Å². The number of hydrogen-bond donors (Lipinski definition) is 0. The van der Waals surface area contributed by atoms with Crippen LogP contribution in [-0.2, 0) is 0 Å². The number of aromatic nitrogens is 2. The summed E-state index contributed by atoms with van der Waals surface area (Å²) in [5.41, 5.74) is 18.7. The molecule has 0 bridgehead atoms. The highest BCUT2D eigenvalue weighted by atomic mass is 15.3. The zero-order valence-corrected chi connectivity index (χ0v) is 37.2. The second kappa shape index (κ2) is 15.4. The standard InChI is InChI=1S/C60H42B2N6/c1-5-21-41(22-6-1)65-57-37-49-47-31-15-19-35-53(47)63(55(49)39-59(57)67(61-65)43-25-9-3-10-26-43)51-33-17-13-29-45(51)46-30-14-18-34-52(46)64-54-36-20-16-32-48(54)50-38-58-60(40-56(50)64)68(44-27-11-4-12-28-44)62-66(58)42-23-7-2-8-24-42/h1-40,61-62H. The van der Waals surface area contributed by atoms with Crippen molar-refractivity contribution in [1.82, 2.24) is 9.13 Å². The number of nitrogens with zero attached hydrogens (tertiary/aromatic N) is 6. The molecule has 0 unspecified atom stereocenters. The van der Waals surface area contributed by atoms with Gasteiger partial charge in [0.15, 0.2) is 0 Å². The first-order valence-corrected chi connectivity index (χ1v) is 23.4. The SMILES string of the molecule is B1N(c2ccccc2)c2cc3c4ccccc4n(-c4ccccc4-c4ccccc4-n4c5ccccc5c5cc6c(cc54)N(c4ccccc4)BN6c4ccccc4)c3cc2N1c1ccccc1. The number of hydrogen-bond acceptors (Lipinski definition) is 4. The fourth-order valence-corrected chi connectivity index (χ4v) is 11.1. The van der Waals surface area contributed by atoms with Gasteiger partial charge < -0.3 is 28.4 Å². The normalized spacial score (nSPS) is 13.1. The maximum atomic E-state index is 2.50. The van der Waals surface area contributed by atoms with Crippen molar-refractivity contribution in [2.24, 2.45) is 0 Å². The van der Waals surface area contributed by atoms with E-state index in [1.807, 2.05) is 0 Å². The van der Waals surface area contributed by atoms with Gasteiger partial charge in [0.2, 0.25) is 0 Å². The second-order valence-electron chi connectivity index (χ2n) is 17.8. The molecule has 0 aliphatic carbocycles. The molecule has 8 heteroatoms. The molecule has 2 aliphatic rings. The highest BCUT2D eigenvalue weighted by Gasteiger charge is 2.34. The van der Waals surface area contributed by atoms with Crippen LogP contribution in [-0.4, -0.2) is 24.2 Å². The van der Waals surface area contributed by atoms with E-state index in [0.29, 0.717) is 15.1 Å². The molecular formula is C60H42B2N6. The summed E-state index contributed by atoms with van der Waals surface area (Å²) < 4.78 is 5.00. The van der Waals surface area contributed by atoms with Crippen LogP contribution in [0.15, 0.2) is 243 Å². The van der Waals surface area contributed by atoms with Crippen molar-refractivity contribution in [3.8, 4) is 22.5 Å². The van der Waals surface area contributed by atoms with E-state index in [1.165, 1.54) is 89.1 Å². The lowest BCUT2D eigenvalue weighted by Crippen LogP contribution is -2.28. The monoisotopic (exact) mass is 868 g/mol. The van der Waals surface area contributed by atoms with Crippen molar-refractivity contribution in [1.29, 1.82) is 0 Å². The van der Waals surface area contributed by atoms with Crippen LogP contribution in [0.1, 0.15) is 0 Å². The second-order valence-corrected chi connectivity index (χ2v) is 17.8. The Labute approximate surface area is 395 Å². The molecule has 6 nitrogen and oxygen atoms in total. The third kappa shape index (κ3) is 5.87. The Morgan fingerprint density at radius 3 is 0.882 bits per heavy atom. The summed E-state index contributed by atoms with van der Waals surface area (Å²) in [6, 6.07) is 88.5. The molecule has 0 radical (unpaired) electrons. The summed E-state index contributed by atoms with van der Waals surface area (Å²) in [5.74, 6) is 0. The van der Waals surface area contributed by atoms with Gasteiger partial charge in [-0.1, -0.05) is 146 Å². The van der Waals surface area contributed by atoms with E-state index in [0.717, 1.165) is 22.5 Å². The van der Waals surface area contributed by atoms with Crippen LogP contribution in [0, 0.1) is 0 Å². The minimum atomic E-state index is 0.716. The quantitative estimate of drug-likeness (QED) is 0.149. The Morgan fingerprint density at radius 2 is 0.515 bits per heavy atom. The number of fused-ring (bicyclic) bond motifs is 8. The molecular weight excluding hydrogens is 826 g/mol. The molecule has 2 aliphatic heterocycles. The van der Waals surface area contributed by atoms with Crippen LogP contribution in [0.25, 0.3) is 66.1 Å². The van der Waals surface area contributed by atoms with E-state index in [4.69, 9.17) is 0 Å². The first-order chi connectivity index (χ1) is 33.8. The molecule has 0 N–H and O–H groups in total. The van der Waals surface area contributed by atoms with Gasteiger partial charge in [-0.2, -0.15) is 0 Å². The van der Waals surface area contributed by atoms with E-state index < -0.39 is 0 Å². The lowest BCUT2D eigenvalue weighted by atomic mass is 10.0. The van der Waals surface area contributed by atoms with E-state index >= 15 is 0 Å². The lowest BCUT2D eigenvalue weighted by molar-refractivity contribution is 1.16. The van der Waals surface area contributed by atoms with Crippen molar-refractivity contribution in [3.05, 3.63) is 243 Å². The van der Waals surface area contributed by atoms with Gasteiger partial charge in [-0.3, -0.25) is 0 Å². The Morgan fingerprint density at radius 1 is 0.221 bits per heavy atom. The number of rotatable bonds is 7. The van der Waals surface area contributed by atoms with E-state index in [1.54, 1.807) is 0 Å². The molecule has 0 amide bonds. The van der Waals surface area contributed by atoms with Crippen molar-refractivity contribution in [2.75, 3.05) is 19.2 Å². The molecule has 0 atom stereocenters. The molecule has 0 saturated carbocycles. The molecule has 2 aromatic heterocycles. The Bertz CT molecular complexity index is 3630. The van der Waals surface area contributed by atoms with Crippen LogP contribution >= 0.6 is 0 Å². The number of anilines is 8. The van der Waals surface area contributed by atoms with Gasteiger partial charge in [0.25, 0.3) is 0 Å². The largest absolute Gasteiger partial charge is 0.367 e. The Hall–Kier alpha value is -8.87. The molecule has 68 heavy (non-hydrogen) atoms. The van der Waals surface area contributed by atoms with Crippen LogP contribution in [0.3, 0.4) is 0 Å². The molecule has 4 heterocycles. The minimum absolute atomic E-state index is 0.716. The number of para-hydroxylation sites is 8. The van der Waals surface area contributed by atoms with Gasteiger partial charge in [-0.05, 0) is 97.1 Å². The van der Waals surface area contributed by atoms with Gasteiger partial charge in [0.1, 0.15) is 0 Å². The average molecular weight is 869 g/mol. The maximum absolute atomic E-state index is 2.50. The van der Waals surface area contributed by atoms with Gasteiger partial charge >= 0.3 is 15.1 Å². The van der Waals surface area contributed by atoms with Crippen molar-refractivity contribution in [2.45, 2.75) is 0 Å². The summed E-state index contributed by atoms with van der Waals surface area (Å²) in [6.07, 6.45) is 0. The smallest absolute Gasteiger partial charge is 0.366 e. The van der Waals surface area contributed by atoms with Gasteiger partial charge in [0, 0.05) is 55.4 Å². The van der Waals surface area contributed by atoms with E-state index in [-0.39, 0.29) is 0 Å². The fraction of sp³-hybridized carbons (Fsp3) is 0. The summed E-state index contributed by atoms with van der Waals surface area (Å²) in [4.78, 5) is 9.78. The summed E-state index contributed by atoms with van der Waals surface area (Å²) in [7, 11) is 1.43. The maximum Gasteiger partial charge on any atom is 0.366 e. The third-order valence-electron chi connectivity index (χ3n) is 14.1. The highest BCUT2D eigenvalue weighted by molar-refractivity contribution is 6.56. The van der Waals surface area contributed by atoms with Gasteiger partial charge in [0.05, 0.1) is 56.2 Å². The van der Waals surface area contributed by atoms with Gasteiger partial charge in [-0.15, -0.1) is 0 Å². The predicted molar refractivity (Wildman–Crippen MR) is 289 cm³/mol. The van der Waals surface area contributed by atoms with Crippen LogP contribution in [0.2, 0.25) is 0 Å². The topological polar surface area (TPSA) is 22.8 Å². The van der Waals surface area contributed by atoms with Crippen LogP contribution in [0.4, 0.5) is 45.5 Å². The summed E-state index contributed by atoms with van der Waals surface area (Å²) in [6.45, 7) is 0. The summed E-state index contributed by atoms with van der Waals surface area (Å²) in [5, 5.41) is 4.90. The predicted octanol–water partition coefficient (Wildman–Crippen LogP) is 14.7. The third-order valence-corrected chi connectivity index (χ3v) is 14.1. The molecule has 0 saturated heterocycles. The first kappa shape index (κ1) is 38.4. The van der Waals surface area contributed by atoms with E-state index in [9.17, 15) is 0 Å². The van der Waals surface area contributed by atoms with Crippen molar-refractivity contribution in [3.63, 3.8) is 0 Å². The van der Waals surface area contributed by atoms with Crippen LogP contribution < -0.4 is 19.2 Å². The lowest BCUT2D eigenvalue weighted by Gasteiger charge is -2.21. The van der Waals surface area contributed by atoms with Gasteiger partial charge in [-0.25, -0.2) is 0 Å². The Balaban J connectivity index is 0.992. The van der Waals surface area contributed by atoms with Crippen molar-refractivity contribution < 1.29 is 0 Å². The van der Waals surface area contributed by atoms with Crippen molar-refractivity contribution >= 4 is 104 Å². The zero-order chi connectivity index (χ0) is 44.7.